The summed E-state index contributed by atoms with van der Waals surface area (Å²) < 4.78 is 5.08. The number of hydrogen-bond donors (Lipinski definition) is 0. The van der Waals surface area contributed by atoms with Gasteiger partial charge in [-0.2, -0.15) is 0 Å². The van der Waals surface area contributed by atoms with Gasteiger partial charge in [0.2, 0.25) is 0 Å². The molecule has 0 unspecified atom stereocenters. The molecule has 0 aromatic rings. The van der Waals surface area contributed by atoms with E-state index in [1.807, 2.05) is 0 Å². The van der Waals surface area contributed by atoms with Crippen molar-refractivity contribution in [2.45, 2.75) is 19.6 Å². The van der Waals surface area contributed by atoms with Crippen LogP contribution in [0.3, 0.4) is 0 Å². The van der Waals surface area contributed by atoms with Gasteiger partial charge in [0.1, 0.15) is 0 Å². The quantitative estimate of drug-likeness (QED) is 0.363. The maximum absolute atomic E-state index is 5.08. The predicted octanol–water partition coefficient (Wildman–Crippen LogP) is 4.12. The van der Waals surface area contributed by atoms with Gasteiger partial charge >= 0.3 is 64.9 Å². The van der Waals surface area contributed by atoms with Crippen molar-refractivity contribution in [1.82, 2.24) is 0 Å². The molecular formula is C4H12I3OSiV. The summed E-state index contributed by atoms with van der Waals surface area (Å²) in [6.07, 6.45) is 0. The zero-order valence-electron chi connectivity index (χ0n) is 6.49. The van der Waals surface area contributed by atoms with Crippen LogP contribution in [-0.2, 0) is 9.35 Å². The van der Waals surface area contributed by atoms with Crippen LogP contribution < -0.4 is 0 Å². The Kier molecular flexibility index (Phi) is 13.2. The second-order valence-corrected chi connectivity index (χ2v) is 42.5. The summed E-state index contributed by atoms with van der Waals surface area (Å²) in [5.74, 6) is 0. The van der Waals surface area contributed by atoms with E-state index in [9.17, 15) is 0 Å². The van der Waals surface area contributed by atoms with E-state index in [0.717, 1.165) is 0 Å². The first-order valence-electron chi connectivity index (χ1n) is 2.62. The molecule has 0 saturated carbocycles. The normalized spacial score (nSPS) is 10.8. The molecule has 0 aliphatic heterocycles. The van der Waals surface area contributed by atoms with E-state index in [4.69, 9.17) is 4.43 Å². The van der Waals surface area contributed by atoms with Gasteiger partial charge in [-0.15, -0.1) is 0 Å². The summed E-state index contributed by atoms with van der Waals surface area (Å²) >= 11 is 7.39. The Morgan fingerprint density at radius 2 is 1.20 bits per heavy atom. The molecule has 0 saturated heterocycles. The third-order valence-electron chi connectivity index (χ3n) is 0.612. The van der Waals surface area contributed by atoms with Crippen molar-refractivity contribution in [2.75, 3.05) is 7.11 Å². The van der Waals surface area contributed by atoms with Crippen LogP contribution >= 0.6 is 59.9 Å². The summed E-state index contributed by atoms with van der Waals surface area (Å²) in [4.78, 5) is -0.278. The third-order valence-corrected chi connectivity index (χ3v) is 1.84. The Morgan fingerprint density at radius 3 is 1.20 bits per heavy atom. The van der Waals surface area contributed by atoms with Crippen LogP contribution in [0, 0.1) is 0 Å². The van der Waals surface area contributed by atoms with E-state index < -0.39 is 8.32 Å². The maximum atomic E-state index is 5.08. The summed E-state index contributed by atoms with van der Waals surface area (Å²) in [6.45, 7) is 6.48. The van der Waals surface area contributed by atoms with E-state index in [-0.39, 0.29) is 4.92 Å². The fourth-order valence-corrected chi connectivity index (χ4v) is 0. The number of halogens is 3. The molecule has 64 valence electrons. The van der Waals surface area contributed by atoms with Crippen LogP contribution in [0.4, 0.5) is 0 Å². The molecule has 0 aromatic heterocycles. The van der Waals surface area contributed by atoms with Gasteiger partial charge in [0.15, 0.2) is 8.32 Å². The van der Waals surface area contributed by atoms with Gasteiger partial charge in [0.05, 0.1) is 0 Å². The van der Waals surface area contributed by atoms with Crippen molar-refractivity contribution in [3.63, 3.8) is 0 Å². The molecule has 0 amide bonds. The van der Waals surface area contributed by atoms with Crippen LogP contribution in [-0.4, -0.2) is 15.4 Å². The Balaban J connectivity index is 0. The van der Waals surface area contributed by atoms with Crippen molar-refractivity contribution in [3.05, 3.63) is 0 Å². The molecule has 0 heterocycles. The van der Waals surface area contributed by atoms with E-state index in [1.165, 1.54) is 0 Å². The van der Waals surface area contributed by atoms with Gasteiger partial charge in [-0.1, -0.05) is 0 Å². The number of hydrogen-bond acceptors (Lipinski definition) is 1. The molecule has 0 aliphatic rings. The van der Waals surface area contributed by atoms with E-state index in [2.05, 4.69) is 79.6 Å². The summed E-state index contributed by atoms with van der Waals surface area (Å²) in [5.41, 5.74) is 0. The van der Waals surface area contributed by atoms with Crippen LogP contribution in [0.25, 0.3) is 0 Å². The van der Waals surface area contributed by atoms with Crippen LogP contribution in [0.15, 0.2) is 0 Å². The van der Waals surface area contributed by atoms with Crippen LogP contribution in [0.5, 0.6) is 0 Å². The van der Waals surface area contributed by atoms with Crippen molar-refractivity contribution in [2.24, 2.45) is 0 Å². The number of rotatable bonds is 1. The Labute approximate surface area is 102 Å². The molecule has 0 N–H and O–H groups in total. The molecule has 0 aliphatic carbocycles. The molecule has 0 bridgehead atoms. The summed E-state index contributed by atoms with van der Waals surface area (Å²) in [5, 5.41) is 0. The molecule has 0 fully saturated rings. The average molecular weight is 536 g/mol. The summed E-state index contributed by atoms with van der Waals surface area (Å²) in [6, 6.07) is 0. The minimum absolute atomic E-state index is 0.278. The second kappa shape index (κ2) is 8.55. The Morgan fingerprint density at radius 1 is 1.10 bits per heavy atom. The molecule has 0 radical (unpaired) electrons. The van der Waals surface area contributed by atoms with Crippen molar-refractivity contribution in [1.29, 1.82) is 0 Å². The van der Waals surface area contributed by atoms with E-state index in [0.29, 0.717) is 0 Å². The third kappa shape index (κ3) is 30.6. The SMILES string of the molecule is CO[Si](C)(C)C.[I][V]([I])[I]. The average Bonchev–Trinajstić information content (AvgIpc) is 1.63. The van der Waals surface area contributed by atoms with Crippen LogP contribution in [0.2, 0.25) is 19.6 Å². The van der Waals surface area contributed by atoms with Gasteiger partial charge in [-0.3, -0.25) is 0 Å². The predicted molar refractivity (Wildman–Crippen MR) is 72.4 cm³/mol. The molecule has 10 heavy (non-hydrogen) atoms. The molecule has 1 nitrogen and oxygen atoms in total. The van der Waals surface area contributed by atoms with Crippen molar-refractivity contribution in [3.8, 4) is 0 Å². The van der Waals surface area contributed by atoms with Gasteiger partial charge in [-0.25, -0.2) is 0 Å². The van der Waals surface area contributed by atoms with Gasteiger partial charge in [0, 0.05) is 7.11 Å². The first kappa shape index (κ1) is 15.4. The van der Waals surface area contributed by atoms with Gasteiger partial charge < -0.3 is 4.43 Å². The first-order valence-corrected chi connectivity index (χ1v) is 19.5. The molecular weight excluding hydrogens is 524 g/mol. The molecule has 0 atom stereocenters. The second-order valence-electron chi connectivity index (χ2n) is 2.51. The monoisotopic (exact) mass is 536 g/mol. The Hall–Kier alpha value is 2.95. The fraction of sp³-hybridized carbons (Fsp3) is 1.00. The zero-order chi connectivity index (χ0) is 8.78. The summed E-state index contributed by atoms with van der Waals surface area (Å²) in [7, 11) is 0.639. The fourth-order valence-electron chi connectivity index (χ4n) is 0. The van der Waals surface area contributed by atoms with Crippen molar-refractivity contribution >= 4 is 68.3 Å². The molecule has 6 heteroatoms. The topological polar surface area (TPSA) is 9.23 Å². The van der Waals surface area contributed by atoms with E-state index >= 15 is 0 Å². The Bertz CT molecular complexity index is 72.6. The molecule has 0 rings (SSSR count). The van der Waals surface area contributed by atoms with Gasteiger partial charge in [0.25, 0.3) is 0 Å². The zero-order valence-corrected chi connectivity index (χ0v) is 15.4. The van der Waals surface area contributed by atoms with Crippen molar-refractivity contribution < 1.29 is 9.35 Å². The standard InChI is InChI=1S/C4H12OSi.3HI.V/c1-5-6(2,3)4;;;;/h1-4H3;3*1H;/q;;;;+3/p-3. The minimum atomic E-state index is -1.13. The van der Waals surface area contributed by atoms with Crippen LogP contribution in [0.1, 0.15) is 0 Å². The molecule has 0 aromatic carbocycles. The van der Waals surface area contributed by atoms with E-state index in [1.54, 1.807) is 7.11 Å². The first-order chi connectivity index (χ1) is 4.29. The molecule has 0 spiro atoms. The van der Waals surface area contributed by atoms with Gasteiger partial charge in [-0.05, 0) is 19.6 Å².